The molecule has 0 amide bonds. The normalized spacial score (nSPS) is 11.4. The van der Waals surface area contributed by atoms with Crippen molar-refractivity contribution in [2.75, 3.05) is 0 Å². The van der Waals surface area contributed by atoms with Crippen molar-refractivity contribution in [3.8, 4) is 0 Å². The number of aryl methyl sites for hydroxylation is 4. The van der Waals surface area contributed by atoms with E-state index in [4.69, 9.17) is 0 Å². The van der Waals surface area contributed by atoms with Gasteiger partial charge in [0.2, 0.25) is 0 Å². The number of nitrogens with zero attached hydrogens (tertiary/aromatic N) is 4. The van der Waals surface area contributed by atoms with E-state index in [-0.39, 0.29) is 11.1 Å². The van der Waals surface area contributed by atoms with Gasteiger partial charge in [0.25, 0.3) is 11.1 Å². The number of unbranched alkanes of at least 4 members (excludes halogenated alkanes) is 1. The number of benzene rings is 2. The van der Waals surface area contributed by atoms with Gasteiger partial charge in [-0.2, -0.15) is 0 Å². The van der Waals surface area contributed by atoms with E-state index in [2.05, 4.69) is 9.97 Å². The molecular formula is C22H22N4O2. The molecule has 142 valence electrons. The van der Waals surface area contributed by atoms with Gasteiger partial charge in [-0.05, 0) is 51.0 Å². The van der Waals surface area contributed by atoms with Crippen molar-refractivity contribution in [2.24, 2.45) is 0 Å². The highest BCUT2D eigenvalue weighted by molar-refractivity contribution is 5.75. The smallest absolute Gasteiger partial charge is 0.272 e. The summed E-state index contributed by atoms with van der Waals surface area (Å²) in [5.74, 6) is 0. The van der Waals surface area contributed by atoms with Crippen LogP contribution in [-0.4, -0.2) is 19.1 Å². The molecule has 6 nitrogen and oxygen atoms in total. The molecule has 4 aromatic rings. The minimum atomic E-state index is -0.0546. The molecule has 0 aliphatic heterocycles. The first kappa shape index (κ1) is 18.1. The molecule has 0 saturated carbocycles. The molecular weight excluding hydrogens is 352 g/mol. The number of hydrogen-bond donors (Lipinski definition) is 0. The van der Waals surface area contributed by atoms with E-state index < -0.39 is 0 Å². The first-order valence-electron chi connectivity index (χ1n) is 9.48. The maximum Gasteiger partial charge on any atom is 0.272 e. The van der Waals surface area contributed by atoms with Crippen LogP contribution in [0.3, 0.4) is 0 Å². The van der Waals surface area contributed by atoms with E-state index >= 15 is 0 Å². The molecule has 0 unspecified atom stereocenters. The van der Waals surface area contributed by atoms with Gasteiger partial charge in [0, 0.05) is 13.1 Å². The van der Waals surface area contributed by atoms with Gasteiger partial charge >= 0.3 is 0 Å². The lowest BCUT2D eigenvalue weighted by Crippen LogP contribution is -2.26. The van der Waals surface area contributed by atoms with Gasteiger partial charge < -0.3 is 9.13 Å². The van der Waals surface area contributed by atoms with Crippen molar-refractivity contribution in [3.05, 3.63) is 80.6 Å². The molecule has 0 spiro atoms. The largest absolute Gasteiger partial charge is 0.305 e. The fourth-order valence-corrected chi connectivity index (χ4v) is 3.62. The zero-order chi connectivity index (χ0) is 19.7. The third kappa shape index (κ3) is 3.22. The average Bonchev–Trinajstić information content (AvgIpc) is 2.70. The third-order valence-electron chi connectivity index (χ3n) is 5.04. The summed E-state index contributed by atoms with van der Waals surface area (Å²) in [4.78, 5) is 33.9. The van der Waals surface area contributed by atoms with Gasteiger partial charge in [-0.3, -0.25) is 9.59 Å². The Morgan fingerprint density at radius 3 is 1.50 bits per heavy atom. The predicted octanol–water partition coefficient (Wildman–Crippen LogP) is 3.20. The monoisotopic (exact) mass is 374 g/mol. The molecule has 4 rings (SSSR count). The second-order valence-electron chi connectivity index (χ2n) is 6.99. The fourth-order valence-electron chi connectivity index (χ4n) is 3.62. The summed E-state index contributed by atoms with van der Waals surface area (Å²) in [6.45, 7) is 4.69. The van der Waals surface area contributed by atoms with E-state index in [1.54, 1.807) is 23.0 Å². The summed E-state index contributed by atoms with van der Waals surface area (Å²) in [7, 11) is 0. The van der Waals surface area contributed by atoms with Crippen LogP contribution in [-0.2, 0) is 13.1 Å². The molecule has 0 aliphatic rings. The summed E-state index contributed by atoms with van der Waals surface area (Å²) in [5.41, 5.74) is 4.25. The molecule has 0 atom stereocenters. The molecule has 0 saturated heterocycles. The van der Waals surface area contributed by atoms with Gasteiger partial charge in [0.15, 0.2) is 0 Å². The van der Waals surface area contributed by atoms with Crippen molar-refractivity contribution >= 4 is 22.1 Å². The highest BCUT2D eigenvalue weighted by Gasteiger charge is 2.09. The minimum absolute atomic E-state index is 0.0546. The summed E-state index contributed by atoms with van der Waals surface area (Å²) >= 11 is 0. The van der Waals surface area contributed by atoms with Gasteiger partial charge in [-0.1, -0.05) is 24.3 Å². The topological polar surface area (TPSA) is 69.8 Å². The van der Waals surface area contributed by atoms with E-state index in [1.165, 1.54) is 0 Å². The standard InChI is InChI=1S/C22H22N4O2/c1-15-21(27)25(19-11-5-3-9-17(19)23-15)13-7-8-14-26-20-12-6-4-10-18(20)24-16(2)22(26)28/h3-6,9-12H,7-8,13-14H2,1-2H3. The summed E-state index contributed by atoms with van der Waals surface area (Å²) in [6, 6.07) is 15.4. The SMILES string of the molecule is Cc1nc2ccccc2n(CCCCn2c(=O)c(C)nc3ccccc32)c1=O. The van der Waals surface area contributed by atoms with Crippen LogP contribution < -0.4 is 11.1 Å². The molecule has 0 N–H and O–H groups in total. The molecule has 2 aromatic carbocycles. The van der Waals surface area contributed by atoms with Crippen molar-refractivity contribution in [3.63, 3.8) is 0 Å². The van der Waals surface area contributed by atoms with Crippen molar-refractivity contribution in [2.45, 2.75) is 39.8 Å². The zero-order valence-corrected chi connectivity index (χ0v) is 16.1. The van der Waals surface area contributed by atoms with E-state index in [1.807, 2.05) is 48.5 Å². The quantitative estimate of drug-likeness (QED) is 0.503. The lowest BCUT2D eigenvalue weighted by Gasteiger charge is -2.13. The van der Waals surface area contributed by atoms with Crippen LogP contribution in [0.4, 0.5) is 0 Å². The zero-order valence-electron chi connectivity index (χ0n) is 16.1. The highest BCUT2D eigenvalue weighted by Crippen LogP contribution is 2.13. The summed E-state index contributed by atoms with van der Waals surface area (Å²) in [6.07, 6.45) is 1.57. The van der Waals surface area contributed by atoms with Crippen LogP contribution in [0.1, 0.15) is 24.2 Å². The summed E-state index contributed by atoms with van der Waals surface area (Å²) in [5, 5.41) is 0. The first-order valence-corrected chi connectivity index (χ1v) is 9.48. The maximum absolute atomic E-state index is 12.6. The van der Waals surface area contributed by atoms with Crippen LogP contribution in [0.2, 0.25) is 0 Å². The van der Waals surface area contributed by atoms with E-state index in [9.17, 15) is 9.59 Å². The Morgan fingerprint density at radius 1 is 0.679 bits per heavy atom. The molecule has 0 aliphatic carbocycles. The number of para-hydroxylation sites is 4. The Kier molecular flexibility index (Phi) is 4.77. The molecule has 6 heteroatoms. The Morgan fingerprint density at radius 2 is 1.07 bits per heavy atom. The Labute approximate surface area is 162 Å². The third-order valence-corrected chi connectivity index (χ3v) is 5.04. The Hall–Kier alpha value is -3.28. The Balaban J connectivity index is 1.57. The number of fused-ring (bicyclic) bond motifs is 2. The first-order chi connectivity index (χ1) is 13.6. The van der Waals surface area contributed by atoms with Crippen LogP contribution in [0.25, 0.3) is 22.1 Å². The van der Waals surface area contributed by atoms with Gasteiger partial charge in [0.05, 0.1) is 22.1 Å². The highest BCUT2D eigenvalue weighted by atomic mass is 16.1. The molecule has 0 fully saturated rings. The van der Waals surface area contributed by atoms with Gasteiger partial charge in [-0.15, -0.1) is 0 Å². The van der Waals surface area contributed by atoms with Gasteiger partial charge in [0.1, 0.15) is 11.4 Å². The lowest BCUT2D eigenvalue weighted by molar-refractivity contribution is 0.549. The molecule has 2 heterocycles. The molecule has 0 bridgehead atoms. The van der Waals surface area contributed by atoms with Crippen LogP contribution in [0.5, 0.6) is 0 Å². The summed E-state index contributed by atoms with van der Waals surface area (Å²) < 4.78 is 3.58. The maximum atomic E-state index is 12.6. The van der Waals surface area contributed by atoms with Crippen LogP contribution in [0, 0.1) is 13.8 Å². The number of rotatable bonds is 5. The van der Waals surface area contributed by atoms with Crippen molar-refractivity contribution in [1.82, 2.24) is 19.1 Å². The molecule has 2 aromatic heterocycles. The van der Waals surface area contributed by atoms with Crippen molar-refractivity contribution in [1.29, 1.82) is 0 Å². The van der Waals surface area contributed by atoms with Crippen molar-refractivity contribution < 1.29 is 0 Å². The average molecular weight is 374 g/mol. The molecule has 0 radical (unpaired) electrons. The second-order valence-corrected chi connectivity index (χ2v) is 6.99. The van der Waals surface area contributed by atoms with Crippen LogP contribution in [0.15, 0.2) is 58.1 Å². The number of hydrogen-bond acceptors (Lipinski definition) is 4. The van der Waals surface area contributed by atoms with Crippen LogP contribution >= 0.6 is 0 Å². The lowest BCUT2D eigenvalue weighted by atomic mass is 10.2. The van der Waals surface area contributed by atoms with E-state index in [0.717, 1.165) is 34.9 Å². The number of aromatic nitrogens is 4. The van der Waals surface area contributed by atoms with Gasteiger partial charge in [-0.25, -0.2) is 9.97 Å². The Bertz CT molecular complexity index is 1190. The van der Waals surface area contributed by atoms with E-state index in [0.29, 0.717) is 24.5 Å². The second kappa shape index (κ2) is 7.38. The molecule has 28 heavy (non-hydrogen) atoms. The minimum Gasteiger partial charge on any atom is -0.305 e. The predicted molar refractivity (Wildman–Crippen MR) is 111 cm³/mol. The fraction of sp³-hybridized carbons (Fsp3) is 0.273.